The van der Waals surface area contributed by atoms with Crippen molar-refractivity contribution < 1.29 is 0 Å². The molecule has 5 heteroatoms. The molecule has 2 aromatic heterocycles. The molecule has 1 saturated heterocycles. The lowest BCUT2D eigenvalue weighted by Crippen LogP contribution is -2.36. The Morgan fingerprint density at radius 2 is 2.22 bits per heavy atom. The minimum Gasteiger partial charge on any atom is -0.304 e. The van der Waals surface area contributed by atoms with Gasteiger partial charge < -0.3 is 9.88 Å². The maximum Gasteiger partial charge on any atom is 0.327 e. The highest BCUT2D eigenvalue weighted by Gasteiger charge is 2.23. The second-order valence-corrected chi connectivity index (χ2v) is 4.84. The third-order valence-corrected chi connectivity index (χ3v) is 3.84. The summed E-state index contributed by atoms with van der Waals surface area (Å²) in [6.07, 6.45) is 3.79. The molecule has 1 fully saturated rings. The lowest BCUT2D eigenvalue weighted by Gasteiger charge is -2.31. The molecule has 0 bridgehead atoms. The van der Waals surface area contributed by atoms with Crippen molar-refractivity contribution in [3.05, 3.63) is 28.8 Å². The van der Waals surface area contributed by atoms with E-state index in [1.54, 1.807) is 6.20 Å². The zero-order chi connectivity index (χ0) is 12.5. The molecule has 96 valence electrons. The molecule has 0 aliphatic carbocycles. The van der Waals surface area contributed by atoms with Crippen LogP contribution in [-0.4, -0.2) is 39.1 Å². The van der Waals surface area contributed by atoms with E-state index in [2.05, 4.69) is 21.8 Å². The zero-order valence-corrected chi connectivity index (χ0v) is 10.6. The number of aromatic amines is 1. The van der Waals surface area contributed by atoms with Crippen molar-refractivity contribution in [1.29, 1.82) is 0 Å². The Bertz CT molecular complexity index is 592. The number of likely N-dealkylation sites (tertiary alicyclic amines) is 1. The highest BCUT2D eigenvalue weighted by atomic mass is 16.1. The van der Waals surface area contributed by atoms with Crippen LogP contribution >= 0.6 is 0 Å². The lowest BCUT2D eigenvalue weighted by atomic mass is 10.1. The summed E-state index contributed by atoms with van der Waals surface area (Å²) in [5.74, 6) is 0. The van der Waals surface area contributed by atoms with E-state index >= 15 is 0 Å². The molecule has 0 unspecified atom stereocenters. The number of nitrogens with zero attached hydrogens (tertiary/aromatic N) is 3. The number of hydrogen-bond acceptors (Lipinski definition) is 3. The van der Waals surface area contributed by atoms with E-state index in [1.165, 1.54) is 0 Å². The van der Waals surface area contributed by atoms with Crippen LogP contribution in [0, 0.1) is 0 Å². The maximum atomic E-state index is 12.0. The Hall–Kier alpha value is -1.62. The monoisotopic (exact) mass is 246 g/mol. The molecule has 3 rings (SSSR count). The molecule has 18 heavy (non-hydrogen) atoms. The number of aromatic nitrogens is 3. The molecular weight excluding hydrogens is 228 g/mol. The highest BCUT2D eigenvalue weighted by molar-refractivity contribution is 5.70. The lowest BCUT2D eigenvalue weighted by molar-refractivity contribution is 0.194. The van der Waals surface area contributed by atoms with E-state index in [1.807, 2.05) is 16.7 Å². The van der Waals surface area contributed by atoms with E-state index < -0.39 is 0 Å². The quantitative estimate of drug-likeness (QED) is 0.871. The number of imidazole rings is 1. The first-order chi connectivity index (χ1) is 8.79. The molecule has 1 aliphatic heterocycles. The van der Waals surface area contributed by atoms with Crippen LogP contribution in [0.15, 0.2) is 23.1 Å². The van der Waals surface area contributed by atoms with E-state index in [0.29, 0.717) is 0 Å². The van der Waals surface area contributed by atoms with E-state index in [9.17, 15) is 4.79 Å². The largest absolute Gasteiger partial charge is 0.327 e. The number of nitrogens with one attached hydrogen (secondary N) is 1. The fraction of sp³-hybridized carbons (Fsp3) is 0.538. The van der Waals surface area contributed by atoms with Crippen molar-refractivity contribution in [3.8, 4) is 0 Å². The first kappa shape index (κ1) is 11.5. The summed E-state index contributed by atoms with van der Waals surface area (Å²) >= 11 is 0. The van der Waals surface area contributed by atoms with Crippen molar-refractivity contribution in [1.82, 2.24) is 19.4 Å². The standard InChI is InChI=1S/C13H18N4O/c1-2-16-8-5-10(6-9-16)17-12-11(15-13(17)18)4-3-7-14-12/h3-4,7,10H,2,5-6,8-9H2,1H3,(H,15,18). The first-order valence-corrected chi connectivity index (χ1v) is 6.57. The van der Waals surface area contributed by atoms with Crippen molar-refractivity contribution in [2.24, 2.45) is 0 Å². The van der Waals surface area contributed by atoms with Crippen LogP contribution in [0.25, 0.3) is 11.2 Å². The minimum absolute atomic E-state index is 0.0290. The van der Waals surface area contributed by atoms with Gasteiger partial charge in [-0.1, -0.05) is 6.92 Å². The van der Waals surface area contributed by atoms with Crippen LogP contribution in [0.2, 0.25) is 0 Å². The van der Waals surface area contributed by atoms with Gasteiger partial charge in [-0.15, -0.1) is 0 Å². The van der Waals surface area contributed by atoms with Crippen molar-refractivity contribution in [2.45, 2.75) is 25.8 Å². The molecule has 2 aromatic rings. The van der Waals surface area contributed by atoms with Gasteiger partial charge in [0.25, 0.3) is 0 Å². The van der Waals surface area contributed by atoms with Gasteiger partial charge in [0, 0.05) is 25.3 Å². The van der Waals surface area contributed by atoms with Gasteiger partial charge in [0.1, 0.15) is 0 Å². The number of pyridine rings is 1. The summed E-state index contributed by atoms with van der Waals surface area (Å²) < 4.78 is 1.84. The first-order valence-electron chi connectivity index (χ1n) is 6.57. The summed E-state index contributed by atoms with van der Waals surface area (Å²) in [4.78, 5) is 21.7. The SMILES string of the molecule is CCN1CCC(n2c(=O)[nH]c3cccnc32)CC1. The normalized spacial score (nSPS) is 18.5. The van der Waals surface area contributed by atoms with Gasteiger partial charge >= 0.3 is 5.69 Å². The number of piperidine rings is 1. The molecule has 0 radical (unpaired) electrons. The molecule has 1 N–H and O–H groups in total. The van der Waals surface area contributed by atoms with Gasteiger partial charge in [-0.2, -0.15) is 0 Å². The third kappa shape index (κ3) is 1.84. The maximum absolute atomic E-state index is 12.0. The molecular formula is C13H18N4O. The molecule has 0 amide bonds. The number of fused-ring (bicyclic) bond motifs is 1. The topological polar surface area (TPSA) is 53.9 Å². The van der Waals surface area contributed by atoms with Crippen LogP contribution in [0.5, 0.6) is 0 Å². The van der Waals surface area contributed by atoms with Gasteiger partial charge in [-0.25, -0.2) is 9.78 Å². The number of H-pyrrole nitrogens is 1. The smallest absolute Gasteiger partial charge is 0.304 e. The number of hydrogen-bond donors (Lipinski definition) is 1. The summed E-state index contributed by atoms with van der Waals surface area (Å²) in [6.45, 7) is 5.40. The van der Waals surface area contributed by atoms with Crippen LogP contribution < -0.4 is 5.69 Å². The molecule has 0 aromatic carbocycles. The molecule has 5 nitrogen and oxygen atoms in total. The third-order valence-electron chi connectivity index (χ3n) is 3.84. The van der Waals surface area contributed by atoms with E-state index in [0.717, 1.165) is 43.6 Å². The predicted molar refractivity (Wildman–Crippen MR) is 70.7 cm³/mol. The van der Waals surface area contributed by atoms with Gasteiger partial charge in [0.2, 0.25) is 0 Å². The van der Waals surface area contributed by atoms with Crippen molar-refractivity contribution in [2.75, 3.05) is 19.6 Å². The van der Waals surface area contributed by atoms with Crippen LogP contribution in [0.1, 0.15) is 25.8 Å². The summed E-state index contributed by atoms with van der Waals surface area (Å²) in [5.41, 5.74) is 1.59. The Morgan fingerprint density at radius 1 is 1.44 bits per heavy atom. The molecule has 0 atom stereocenters. The summed E-state index contributed by atoms with van der Waals surface area (Å²) in [7, 11) is 0. The molecule has 1 aliphatic rings. The van der Waals surface area contributed by atoms with Crippen molar-refractivity contribution >= 4 is 11.2 Å². The van der Waals surface area contributed by atoms with E-state index in [4.69, 9.17) is 0 Å². The Kier molecular flexibility index (Phi) is 2.91. The predicted octanol–water partition coefficient (Wildman–Crippen LogP) is 1.38. The van der Waals surface area contributed by atoms with Gasteiger partial charge in [0.15, 0.2) is 5.65 Å². The fourth-order valence-corrected chi connectivity index (χ4v) is 2.79. The van der Waals surface area contributed by atoms with Gasteiger partial charge in [-0.05, 0) is 31.5 Å². The van der Waals surface area contributed by atoms with E-state index in [-0.39, 0.29) is 11.7 Å². The van der Waals surface area contributed by atoms with Crippen LogP contribution in [0.3, 0.4) is 0 Å². The van der Waals surface area contributed by atoms with Crippen LogP contribution in [0.4, 0.5) is 0 Å². The highest BCUT2D eigenvalue weighted by Crippen LogP contribution is 2.23. The number of rotatable bonds is 2. The second-order valence-electron chi connectivity index (χ2n) is 4.84. The molecule has 3 heterocycles. The fourth-order valence-electron chi connectivity index (χ4n) is 2.79. The molecule has 0 saturated carbocycles. The van der Waals surface area contributed by atoms with Crippen LogP contribution in [-0.2, 0) is 0 Å². The Balaban J connectivity index is 1.95. The minimum atomic E-state index is -0.0290. The Morgan fingerprint density at radius 3 is 2.94 bits per heavy atom. The summed E-state index contributed by atoms with van der Waals surface area (Å²) in [5, 5.41) is 0. The zero-order valence-electron chi connectivity index (χ0n) is 10.6. The van der Waals surface area contributed by atoms with Gasteiger partial charge in [0.05, 0.1) is 5.52 Å². The summed E-state index contributed by atoms with van der Waals surface area (Å²) in [6, 6.07) is 4.04. The average Bonchev–Trinajstić information content (AvgIpc) is 2.75. The average molecular weight is 246 g/mol. The van der Waals surface area contributed by atoms with Gasteiger partial charge in [-0.3, -0.25) is 4.57 Å². The Labute approximate surface area is 105 Å². The van der Waals surface area contributed by atoms with Crippen molar-refractivity contribution in [3.63, 3.8) is 0 Å². The second kappa shape index (κ2) is 4.57. The molecule has 0 spiro atoms.